The summed E-state index contributed by atoms with van der Waals surface area (Å²) in [5, 5.41) is 4.76. The van der Waals surface area contributed by atoms with Gasteiger partial charge in [0.1, 0.15) is 0 Å². The van der Waals surface area contributed by atoms with Crippen molar-refractivity contribution in [2.45, 2.75) is 13.0 Å². The van der Waals surface area contributed by atoms with E-state index >= 15 is 0 Å². The lowest BCUT2D eigenvalue weighted by Gasteiger charge is -2.00. The molecule has 0 aliphatic carbocycles. The molecular formula is C9H9F2NS2. The Morgan fingerprint density at radius 1 is 1.36 bits per heavy atom. The van der Waals surface area contributed by atoms with Crippen LogP contribution >= 0.6 is 22.7 Å². The van der Waals surface area contributed by atoms with Gasteiger partial charge < -0.3 is 5.32 Å². The molecule has 0 saturated carbocycles. The highest BCUT2D eigenvalue weighted by Gasteiger charge is 2.04. The summed E-state index contributed by atoms with van der Waals surface area (Å²) in [7, 11) is 0. The molecule has 0 bridgehead atoms. The van der Waals surface area contributed by atoms with Gasteiger partial charge in [0.2, 0.25) is 0 Å². The zero-order chi connectivity index (χ0) is 9.97. The molecule has 5 heteroatoms. The van der Waals surface area contributed by atoms with Crippen LogP contribution in [0.4, 0.5) is 8.78 Å². The largest absolute Gasteiger partial charge is 0.306 e. The molecule has 14 heavy (non-hydrogen) atoms. The van der Waals surface area contributed by atoms with Gasteiger partial charge in [0.25, 0.3) is 6.43 Å². The molecule has 0 aromatic carbocycles. The molecule has 2 heterocycles. The fourth-order valence-corrected chi connectivity index (χ4v) is 3.31. The van der Waals surface area contributed by atoms with E-state index in [-0.39, 0.29) is 6.54 Å². The van der Waals surface area contributed by atoms with E-state index < -0.39 is 6.43 Å². The Hall–Kier alpha value is -0.520. The van der Waals surface area contributed by atoms with Gasteiger partial charge >= 0.3 is 0 Å². The molecule has 0 atom stereocenters. The van der Waals surface area contributed by atoms with Gasteiger partial charge in [-0.05, 0) is 17.5 Å². The molecule has 0 unspecified atom stereocenters. The summed E-state index contributed by atoms with van der Waals surface area (Å²) in [6, 6.07) is 4.12. The predicted molar refractivity (Wildman–Crippen MR) is 57.4 cm³/mol. The van der Waals surface area contributed by atoms with Gasteiger partial charge in [0.15, 0.2) is 0 Å². The highest BCUT2D eigenvalue weighted by atomic mass is 32.1. The Balaban J connectivity index is 1.95. The van der Waals surface area contributed by atoms with E-state index in [9.17, 15) is 8.78 Å². The van der Waals surface area contributed by atoms with Crippen LogP contribution in [0.25, 0.3) is 9.40 Å². The standard InChI is InChI=1S/C9H9F2NS2/c10-9(11)5-12-4-6-3-8-7(14-6)1-2-13-8/h1-3,9,12H,4-5H2. The van der Waals surface area contributed by atoms with Crippen LogP contribution in [0.5, 0.6) is 0 Å². The highest BCUT2D eigenvalue weighted by molar-refractivity contribution is 7.26. The van der Waals surface area contributed by atoms with Crippen molar-refractivity contribution in [3.8, 4) is 0 Å². The lowest BCUT2D eigenvalue weighted by molar-refractivity contribution is 0.145. The van der Waals surface area contributed by atoms with Crippen molar-refractivity contribution in [1.29, 1.82) is 0 Å². The number of fused-ring (bicyclic) bond motifs is 1. The number of nitrogens with one attached hydrogen (secondary N) is 1. The first-order chi connectivity index (χ1) is 6.75. The summed E-state index contributed by atoms with van der Waals surface area (Å²) in [6.45, 7) is 0.307. The van der Waals surface area contributed by atoms with E-state index in [4.69, 9.17) is 0 Å². The minimum Gasteiger partial charge on any atom is -0.306 e. The fourth-order valence-electron chi connectivity index (χ4n) is 1.21. The van der Waals surface area contributed by atoms with Crippen molar-refractivity contribution < 1.29 is 8.78 Å². The van der Waals surface area contributed by atoms with Gasteiger partial charge in [-0.3, -0.25) is 0 Å². The van der Waals surface area contributed by atoms with E-state index in [0.717, 1.165) is 4.88 Å². The van der Waals surface area contributed by atoms with Crippen molar-refractivity contribution in [2.24, 2.45) is 0 Å². The first-order valence-electron chi connectivity index (χ1n) is 4.20. The Kier molecular flexibility index (Phi) is 3.10. The molecule has 2 aromatic heterocycles. The lowest BCUT2D eigenvalue weighted by atomic mass is 10.4. The van der Waals surface area contributed by atoms with Crippen molar-refractivity contribution in [2.75, 3.05) is 6.54 Å². The monoisotopic (exact) mass is 233 g/mol. The van der Waals surface area contributed by atoms with Crippen molar-refractivity contribution in [1.82, 2.24) is 5.32 Å². The van der Waals surface area contributed by atoms with Gasteiger partial charge in [-0.15, -0.1) is 22.7 Å². The normalized spacial score (nSPS) is 11.6. The Morgan fingerprint density at radius 3 is 2.93 bits per heavy atom. The van der Waals surface area contributed by atoms with E-state index in [1.807, 2.05) is 5.38 Å². The van der Waals surface area contributed by atoms with Crippen molar-refractivity contribution in [3.63, 3.8) is 0 Å². The Bertz CT molecular complexity index is 379. The molecule has 0 radical (unpaired) electrons. The second kappa shape index (κ2) is 4.33. The summed E-state index contributed by atoms with van der Waals surface area (Å²) in [5.74, 6) is 0. The predicted octanol–water partition coefficient (Wildman–Crippen LogP) is 3.32. The average Bonchev–Trinajstić information content (AvgIpc) is 2.62. The van der Waals surface area contributed by atoms with Crippen molar-refractivity contribution in [3.05, 3.63) is 22.4 Å². The number of rotatable bonds is 4. The third kappa shape index (κ3) is 2.29. The molecule has 0 saturated heterocycles. The number of hydrogen-bond acceptors (Lipinski definition) is 3. The molecule has 76 valence electrons. The smallest absolute Gasteiger partial charge is 0.250 e. The van der Waals surface area contributed by atoms with E-state index in [1.165, 1.54) is 9.40 Å². The maximum Gasteiger partial charge on any atom is 0.250 e. The first kappa shape index (κ1) is 10.0. The summed E-state index contributed by atoms with van der Waals surface area (Å²) in [6.07, 6.45) is -2.27. The quantitative estimate of drug-likeness (QED) is 0.854. The zero-order valence-corrected chi connectivity index (χ0v) is 8.93. The van der Waals surface area contributed by atoms with Crippen LogP contribution in [0.15, 0.2) is 17.5 Å². The third-order valence-electron chi connectivity index (χ3n) is 1.79. The molecule has 0 amide bonds. The van der Waals surface area contributed by atoms with Crippen LogP contribution in [-0.4, -0.2) is 13.0 Å². The number of hydrogen-bond donors (Lipinski definition) is 1. The molecule has 0 aliphatic rings. The molecule has 2 rings (SSSR count). The van der Waals surface area contributed by atoms with Crippen LogP contribution in [-0.2, 0) is 6.54 Å². The van der Waals surface area contributed by atoms with Crippen LogP contribution in [0.2, 0.25) is 0 Å². The van der Waals surface area contributed by atoms with Crippen LogP contribution in [0.3, 0.4) is 0 Å². The van der Waals surface area contributed by atoms with Crippen LogP contribution in [0, 0.1) is 0 Å². The number of thiophene rings is 2. The maximum atomic E-state index is 11.8. The van der Waals surface area contributed by atoms with Crippen molar-refractivity contribution >= 4 is 32.1 Å². The van der Waals surface area contributed by atoms with Gasteiger partial charge in [-0.1, -0.05) is 0 Å². The van der Waals surface area contributed by atoms with Gasteiger partial charge in [-0.25, -0.2) is 8.78 Å². The summed E-state index contributed by atoms with van der Waals surface area (Å²) < 4.78 is 26.1. The van der Waals surface area contributed by atoms with E-state index in [0.29, 0.717) is 6.54 Å². The SMILES string of the molecule is FC(F)CNCc1cc2sccc2s1. The van der Waals surface area contributed by atoms with E-state index in [2.05, 4.69) is 17.4 Å². The van der Waals surface area contributed by atoms with Gasteiger partial charge in [0, 0.05) is 20.8 Å². The maximum absolute atomic E-state index is 11.8. The molecule has 1 N–H and O–H groups in total. The topological polar surface area (TPSA) is 12.0 Å². The summed E-state index contributed by atoms with van der Waals surface area (Å²) in [5.41, 5.74) is 0. The average molecular weight is 233 g/mol. The second-order valence-electron chi connectivity index (χ2n) is 2.88. The second-order valence-corrected chi connectivity index (χ2v) is 5.00. The minimum absolute atomic E-state index is 0.231. The minimum atomic E-state index is -2.27. The summed E-state index contributed by atoms with van der Waals surface area (Å²) in [4.78, 5) is 1.12. The number of alkyl halides is 2. The zero-order valence-electron chi connectivity index (χ0n) is 7.30. The highest BCUT2D eigenvalue weighted by Crippen LogP contribution is 2.29. The molecule has 1 nitrogen and oxygen atoms in total. The Labute approximate surface area is 88.4 Å². The molecule has 0 spiro atoms. The van der Waals surface area contributed by atoms with Crippen LogP contribution in [0.1, 0.15) is 4.88 Å². The number of halogens is 2. The molecule has 2 aromatic rings. The lowest BCUT2D eigenvalue weighted by Crippen LogP contribution is -2.19. The fraction of sp³-hybridized carbons (Fsp3) is 0.333. The van der Waals surface area contributed by atoms with E-state index in [1.54, 1.807) is 22.7 Å². The first-order valence-corrected chi connectivity index (χ1v) is 5.90. The van der Waals surface area contributed by atoms with Crippen LogP contribution < -0.4 is 5.32 Å². The van der Waals surface area contributed by atoms with Gasteiger partial charge in [-0.2, -0.15) is 0 Å². The molecular weight excluding hydrogens is 224 g/mol. The summed E-state index contributed by atoms with van der Waals surface area (Å²) >= 11 is 3.34. The molecule has 0 fully saturated rings. The van der Waals surface area contributed by atoms with Gasteiger partial charge in [0.05, 0.1) is 6.54 Å². The third-order valence-corrected chi connectivity index (χ3v) is 3.88. The molecule has 0 aliphatic heterocycles. The Morgan fingerprint density at radius 2 is 2.21 bits per heavy atom.